The van der Waals surface area contributed by atoms with Crippen molar-refractivity contribution in [2.24, 2.45) is 7.05 Å². The summed E-state index contributed by atoms with van der Waals surface area (Å²) in [5.74, 6) is 0.573. The van der Waals surface area contributed by atoms with Crippen molar-refractivity contribution in [3.8, 4) is 0 Å². The first-order valence-electron chi connectivity index (χ1n) is 8.77. The van der Waals surface area contributed by atoms with E-state index in [9.17, 15) is 9.90 Å². The Balaban J connectivity index is 2.08. The van der Waals surface area contributed by atoms with Crippen LogP contribution in [0.3, 0.4) is 0 Å². The highest BCUT2D eigenvalue weighted by Gasteiger charge is 2.36. The minimum absolute atomic E-state index is 0.0955. The second-order valence-electron chi connectivity index (χ2n) is 7.32. The van der Waals surface area contributed by atoms with Crippen LogP contribution >= 0.6 is 0 Å². The van der Waals surface area contributed by atoms with Gasteiger partial charge < -0.3 is 10.0 Å². The molecule has 1 fully saturated rings. The third kappa shape index (κ3) is 4.70. The zero-order valence-corrected chi connectivity index (χ0v) is 15.5. The number of amides is 2. The van der Waals surface area contributed by atoms with E-state index in [2.05, 4.69) is 29.2 Å². The number of aromatic nitrogens is 2. The number of hydrogen-bond acceptors (Lipinski definition) is 4. The third-order valence-electron chi connectivity index (χ3n) is 4.55. The Morgan fingerprint density at radius 1 is 1.33 bits per heavy atom. The number of carbonyl (C=O) groups excluding carboxylic acids is 1. The second kappa shape index (κ2) is 7.53. The molecule has 0 bridgehead atoms. The van der Waals surface area contributed by atoms with E-state index in [0.29, 0.717) is 18.9 Å². The van der Waals surface area contributed by atoms with Gasteiger partial charge in [-0.3, -0.25) is 14.9 Å². The van der Waals surface area contributed by atoms with Crippen molar-refractivity contribution in [2.45, 2.75) is 58.2 Å². The van der Waals surface area contributed by atoms with Crippen molar-refractivity contribution in [3.63, 3.8) is 0 Å². The van der Waals surface area contributed by atoms with Gasteiger partial charge in [0.1, 0.15) is 0 Å². The Morgan fingerprint density at radius 2 is 2.00 bits per heavy atom. The van der Waals surface area contributed by atoms with Crippen LogP contribution in [0.4, 0.5) is 10.6 Å². The Kier molecular flexibility index (Phi) is 5.87. The van der Waals surface area contributed by atoms with E-state index in [1.165, 1.54) is 0 Å². The maximum absolute atomic E-state index is 12.7. The number of β-amino-alcohol motifs (C(OH)–C–C–N with tert-alkyl or cyclic N) is 1. The van der Waals surface area contributed by atoms with E-state index in [-0.39, 0.29) is 18.1 Å². The van der Waals surface area contributed by atoms with Crippen molar-refractivity contribution in [1.29, 1.82) is 0 Å². The summed E-state index contributed by atoms with van der Waals surface area (Å²) in [7, 11) is 1.83. The molecule has 2 atom stereocenters. The fourth-order valence-corrected chi connectivity index (χ4v) is 3.35. The van der Waals surface area contributed by atoms with Gasteiger partial charge in [-0.1, -0.05) is 13.8 Å². The van der Waals surface area contributed by atoms with Crippen molar-refractivity contribution < 1.29 is 9.90 Å². The number of nitrogens with zero attached hydrogens (tertiary/aromatic N) is 4. The standard InChI is InChI=1S/C17H31N5O2/c1-6-13-11-22(16(23)18-15-8-9-20(5)19-15)14(7-2)10-21(13)12-17(3,4)24/h8-9,13-14,24H,6-7,10-12H2,1-5H3,(H,18,19,23)/t13-,14+/m0/s1. The van der Waals surface area contributed by atoms with E-state index >= 15 is 0 Å². The van der Waals surface area contributed by atoms with E-state index in [1.54, 1.807) is 10.7 Å². The number of aliphatic hydroxyl groups is 1. The van der Waals surface area contributed by atoms with Gasteiger partial charge in [-0.25, -0.2) is 4.79 Å². The maximum atomic E-state index is 12.7. The minimum Gasteiger partial charge on any atom is -0.389 e. The number of aryl methyl sites for hydroxylation is 1. The average Bonchev–Trinajstić information content (AvgIpc) is 2.90. The number of nitrogens with one attached hydrogen (secondary N) is 1. The van der Waals surface area contributed by atoms with Gasteiger partial charge in [0.15, 0.2) is 5.82 Å². The number of piperazine rings is 1. The van der Waals surface area contributed by atoms with Gasteiger partial charge in [-0.15, -0.1) is 0 Å². The van der Waals surface area contributed by atoms with Gasteiger partial charge in [0, 0.05) is 51.0 Å². The van der Waals surface area contributed by atoms with Crippen LogP contribution in [0.15, 0.2) is 12.3 Å². The Labute approximate surface area is 144 Å². The monoisotopic (exact) mass is 337 g/mol. The highest BCUT2D eigenvalue weighted by atomic mass is 16.3. The predicted octanol–water partition coefficient (Wildman–Crippen LogP) is 1.90. The minimum atomic E-state index is -0.732. The third-order valence-corrected chi connectivity index (χ3v) is 4.55. The average molecular weight is 337 g/mol. The molecule has 1 aromatic rings. The first kappa shape index (κ1) is 18.7. The maximum Gasteiger partial charge on any atom is 0.323 e. The molecule has 1 aliphatic rings. The van der Waals surface area contributed by atoms with Gasteiger partial charge in [0.2, 0.25) is 0 Å². The lowest BCUT2D eigenvalue weighted by Crippen LogP contribution is -2.62. The second-order valence-corrected chi connectivity index (χ2v) is 7.32. The fraction of sp³-hybridized carbons (Fsp3) is 0.765. The van der Waals surface area contributed by atoms with Crippen LogP contribution in [0, 0.1) is 0 Å². The molecular weight excluding hydrogens is 306 g/mol. The van der Waals surface area contributed by atoms with Gasteiger partial charge in [-0.2, -0.15) is 5.10 Å². The van der Waals surface area contributed by atoms with E-state index in [1.807, 2.05) is 32.0 Å². The van der Waals surface area contributed by atoms with Gasteiger partial charge in [-0.05, 0) is 26.7 Å². The number of hydrogen-bond donors (Lipinski definition) is 2. The number of rotatable bonds is 5. The molecule has 0 saturated carbocycles. The first-order chi connectivity index (χ1) is 11.2. The van der Waals surface area contributed by atoms with Crippen LogP contribution in [-0.4, -0.2) is 68.0 Å². The molecule has 0 unspecified atom stereocenters. The summed E-state index contributed by atoms with van der Waals surface area (Å²) in [6.07, 6.45) is 3.64. The van der Waals surface area contributed by atoms with Crippen LogP contribution in [-0.2, 0) is 7.05 Å². The SMILES string of the molecule is CC[C@H]1CN(C(=O)Nc2ccn(C)n2)[C@H](CC)CN1CC(C)(C)O. The zero-order valence-electron chi connectivity index (χ0n) is 15.5. The van der Waals surface area contributed by atoms with E-state index < -0.39 is 5.60 Å². The van der Waals surface area contributed by atoms with Crippen molar-refractivity contribution in [1.82, 2.24) is 19.6 Å². The van der Waals surface area contributed by atoms with E-state index in [4.69, 9.17) is 0 Å². The lowest BCUT2D eigenvalue weighted by atomic mass is 10.00. The summed E-state index contributed by atoms with van der Waals surface area (Å²) < 4.78 is 1.67. The van der Waals surface area contributed by atoms with Gasteiger partial charge >= 0.3 is 6.03 Å². The van der Waals surface area contributed by atoms with Crippen LogP contribution in [0.5, 0.6) is 0 Å². The smallest absolute Gasteiger partial charge is 0.323 e. The molecule has 136 valence electrons. The molecule has 2 rings (SSSR count). The zero-order chi connectivity index (χ0) is 17.9. The molecular formula is C17H31N5O2. The topological polar surface area (TPSA) is 73.6 Å². The fourth-order valence-electron chi connectivity index (χ4n) is 3.35. The summed E-state index contributed by atoms with van der Waals surface area (Å²) >= 11 is 0. The molecule has 2 amide bonds. The van der Waals surface area contributed by atoms with Crippen LogP contribution in [0.2, 0.25) is 0 Å². The molecule has 0 aromatic carbocycles. The predicted molar refractivity (Wildman–Crippen MR) is 95.0 cm³/mol. The number of carbonyl (C=O) groups is 1. The molecule has 7 heteroatoms. The Bertz CT molecular complexity index is 551. The molecule has 24 heavy (non-hydrogen) atoms. The summed E-state index contributed by atoms with van der Waals surface area (Å²) in [4.78, 5) is 16.9. The molecule has 2 heterocycles. The summed E-state index contributed by atoms with van der Waals surface area (Å²) in [6.45, 7) is 9.97. The Morgan fingerprint density at radius 3 is 2.50 bits per heavy atom. The number of urea groups is 1. The molecule has 1 aromatic heterocycles. The Hall–Kier alpha value is -1.60. The van der Waals surface area contributed by atoms with Crippen LogP contribution in [0.1, 0.15) is 40.5 Å². The van der Waals surface area contributed by atoms with Crippen LogP contribution in [0.25, 0.3) is 0 Å². The van der Waals surface area contributed by atoms with Crippen LogP contribution < -0.4 is 5.32 Å². The molecule has 7 nitrogen and oxygen atoms in total. The summed E-state index contributed by atoms with van der Waals surface area (Å²) in [5, 5.41) is 17.3. The normalized spacial score (nSPS) is 22.7. The molecule has 0 spiro atoms. The highest BCUT2D eigenvalue weighted by molar-refractivity contribution is 5.88. The van der Waals surface area contributed by atoms with Crippen molar-refractivity contribution >= 4 is 11.8 Å². The van der Waals surface area contributed by atoms with E-state index in [0.717, 1.165) is 19.4 Å². The molecule has 1 saturated heterocycles. The highest BCUT2D eigenvalue weighted by Crippen LogP contribution is 2.22. The molecule has 0 radical (unpaired) electrons. The molecule has 2 N–H and O–H groups in total. The lowest BCUT2D eigenvalue weighted by Gasteiger charge is -2.47. The summed E-state index contributed by atoms with van der Waals surface area (Å²) in [6, 6.07) is 2.09. The van der Waals surface area contributed by atoms with Gasteiger partial charge in [0.05, 0.1) is 5.60 Å². The lowest BCUT2D eigenvalue weighted by molar-refractivity contribution is -0.0173. The largest absolute Gasteiger partial charge is 0.389 e. The first-order valence-corrected chi connectivity index (χ1v) is 8.77. The summed E-state index contributed by atoms with van der Waals surface area (Å²) in [5.41, 5.74) is -0.732. The number of anilines is 1. The van der Waals surface area contributed by atoms with Gasteiger partial charge in [0.25, 0.3) is 0 Å². The molecule has 1 aliphatic heterocycles. The van der Waals surface area contributed by atoms with Crippen molar-refractivity contribution in [3.05, 3.63) is 12.3 Å². The van der Waals surface area contributed by atoms with Crippen molar-refractivity contribution in [2.75, 3.05) is 25.0 Å². The molecule has 0 aliphatic carbocycles. The quantitative estimate of drug-likeness (QED) is 0.861.